The minimum atomic E-state index is -4.54. The summed E-state index contributed by atoms with van der Waals surface area (Å²) in [6, 6.07) is 1.99. The predicted molar refractivity (Wildman–Crippen MR) is 81.0 cm³/mol. The summed E-state index contributed by atoms with van der Waals surface area (Å²) in [6.45, 7) is 1.66. The number of fused-ring (bicyclic) bond motifs is 1. The second kappa shape index (κ2) is 5.73. The number of halogens is 3. The number of thiophene rings is 1. The zero-order chi connectivity index (χ0) is 17.6. The van der Waals surface area contributed by atoms with Crippen LogP contribution in [0.1, 0.15) is 33.8 Å². The van der Waals surface area contributed by atoms with Crippen LogP contribution in [0.3, 0.4) is 0 Å². The van der Waals surface area contributed by atoms with Crippen LogP contribution < -0.4 is 5.32 Å². The van der Waals surface area contributed by atoms with Crippen LogP contribution in [-0.2, 0) is 11.0 Å². The molecule has 2 aromatic heterocycles. The highest BCUT2D eigenvalue weighted by atomic mass is 32.1. The molecule has 0 bridgehead atoms. The van der Waals surface area contributed by atoms with Crippen molar-refractivity contribution in [2.45, 2.75) is 32.0 Å². The maximum Gasteiger partial charge on any atom is 0.433 e. The fraction of sp³-hybridized carbons (Fsp3) is 0.400. The molecule has 0 radical (unpaired) electrons. The maximum absolute atomic E-state index is 12.7. The summed E-state index contributed by atoms with van der Waals surface area (Å²) in [4.78, 5) is 27.1. The Balaban J connectivity index is 1.81. The van der Waals surface area contributed by atoms with Crippen LogP contribution in [0.2, 0.25) is 0 Å². The third-order valence-electron chi connectivity index (χ3n) is 4.12. The van der Waals surface area contributed by atoms with Gasteiger partial charge in [-0.25, -0.2) is 4.98 Å². The number of nitrogens with zero attached hydrogens (tertiary/aromatic N) is 1. The third-order valence-corrected chi connectivity index (χ3v) is 5.32. The maximum atomic E-state index is 12.7. The third kappa shape index (κ3) is 2.95. The second-order valence-electron chi connectivity index (χ2n) is 5.78. The Labute approximate surface area is 138 Å². The van der Waals surface area contributed by atoms with Gasteiger partial charge in [0.05, 0.1) is 10.8 Å². The standard InChI is InChI=1S/C15H13F3N2O3S/c1-6-9-2-3-10(15(16,17)18)20-13(9)24-11(6)12(21)19-8-4-7(5-8)14(22)23/h2-3,7-8H,4-5H2,1H3,(H,19,21)(H,22,23). The molecule has 0 aromatic carbocycles. The number of carboxylic acids is 1. The van der Waals surface area contributed by atoms with Crippen LogP contribution >= 0.6 is 11.3 Å². The summed E-state index contributed by atoms with van der Waals surface area (Å²) in [6.07, 6.45) is -3.81. The monoisotopic (exact) mass is 358 g/mol. The molecule has 3 rings (SSSR count). The second-order valence-corrected chi connectivity index (χ2v) is 6.78. The number of aliphatic carboxylic acids is 1. The topological polar surface area (TPSA) is 79.3 Å². The first kappa shape index (κ1) is 16.7. The number of hydrogen-bond donors (Lipinski definition) is 2. The molecule has 1 aliphatic carbocycles. The number of carbonyl (C=O) groups is 2. The van der Waals surface area contributed by atoms with E-state index >= 15 is 0 Å². The number of carbonyl (C=O) groups excluding carboxylic acids is 1. The highest BCUT2D eigenvalue weighted by Gasteiger charge is 2.36. The van der Waals surface area contributed by atoms with Crippen LogP contribution in [-0.4, -0.2) is 28.0 Å². The average Bonchev–Trinajstić information content (AvgIpc) is 2.77. The van der Waals surface area contributed by atoms with Gasteiger partial charge < -0.3 is 10.4 Å². The average molecular weight is 358 g/mol. The van der Waals surface area contributed by atoms with Crippen molar-refractivity contribution in [2.24, 2.45) is 5.92 Å². The van der Waals surface area contributed by atoms with E-state index in [1.54, 1.807) is 6.92 Å². The molecular weight excluding hydrogens is 345 g/mol. The van der Waals surface area contributed by atoms with Crippen LogP contribution in [0.15, 0.2) is 12.1 Å². The highest BCUT2D eigenvalue weighted by molar-refractivity contribution is 7.20. The van der Waals surface area contributed by atoms with Crippen molar-refractivity contribution in [2.75, 3.05) is 0 Å². The lowest BCUT2D eigenvalue weighted by Gasteiger charge is -2.32. The molecule has 2 aromatic rings. The fourth-order valence-electron chi connectivity index (χ4n) is 2.66. The van der Waals surface area contributed by atoms with E-state index in [0.717, 1.165) is 17.4 Å². The molecule has 2 N–H and O–H groups in total. The van der Waals surface area contributed by atoms with E-state index < -0.39 is 29.7 Å². The van der Waals surface area contributed by atoms with Crippen molar-refractivity contribution in [3.63, 3.8) is 0 Å². The van der Waals surface area contributed by atoms with Gasteiger partial charge in [-0.2, -0.15) is 13.2 Å². The molecule has 1 fully saturated rings. The van der Waals surface area contributed by atoms with E-state index in [0.29, 0.717) is 28.7 Å². The van der Waals surface area contributed by atoms with Crippen molar-refractivity contribution < 1.29 is 27.9 Å². The number of aromatic nitrogens is 1. The van der Waals surface area contributed by atoms with Gasteiger partial charge in [0, 0.05) is 11.4 Å². The Hall–Kier alpha value is -2.16. The minimum absolute atomic E-state index is 0.157. The lowest BCUT2D eigenvalue weighted by Crippen LogP contribution is -2.46. The molecule has 0 aliphatic heterocycles. The molecule has 1 amide bonds. The molecule has 24 heavy (non-hydrogen) atoms. The van der Waals surface area contributed by atoms with E-state index in [-0.39, 0.29) is 10.9 Å². The van der Waals surface area contributed by atoms with Gasteiger partial charge in [0.2, 0.25) is 0 Å². The highest BCUT2D eigenvalue weighted by Crippen LogP contribution is 2.35. The van der Waals surface area contributed by atoms with Gasteiger partial charge in [-0.05, 0) is 37.5 Å². The van der Waals surface area contributed by atoms with Crippen molar-refractivity contribution in [1.29, 1.82) is 0 Å². The number of nitrogens with one attached hydrogen (secondary N) is 1. The Morgan fingerprint density at radius 3 is 2.58 bits per heavy atom. The lowest BCUT2D eigenvalue weighted by atomic mass is 9.80. The van der Waals surface area contributed by atoms with Crippen molar-refractivity contribution in [3.8, 4) is 0 Å². The van der Waals surface area contributed by atoms with Gasteiger partial charge >= 0.3 is 12.1 Å². The summed E-state index contributed by atoms with van der Waals surface area (Å²) in [5.41, 5.74) is -0.422. The first-order valence-electron chi connectivity index (χ1n) is 7.18. The van der Waals surface area contributed by atoms with E-state index in [1.165, 1.54) is 6.07 Å². The molecule has 2 heterocycles. The Kier molecular flexibility index (Phi) is 3.98. The van der Waals surface area contributed by atoms with Crippen molar-refractivity contribution >= 4 is 33.4 Å². The van der Waals surface area contributed by atoms with Crippen molar-refractivity contribution in [1.82, 2.24) is 10.3 Å². The fourth-order valence-corrected chi connectivity index (χ4v) is 3.75. The summed E-state index contributed by atoms with van der Waals surface area (Å²) < 4.78 is 38.2. The Morgan fingerprint density at radius 1 is 1.33 bits per heavy atom. The van der Waals surface area contributed by atoms with E-state index in [4.69, 9.17) is 5.11 Å². The largest absolute Gasteiger partial charge is 0.481 e. The van der Waals surface area contributed by atoms with Crippen LogP contribution in [0.25, 0.3) is 10.2 Å². The quantitative estimate of drug-likeness (QED) is 0.883. The summed E-state index contributed by atoms with van der Waals surface area (Å²) in [7, 11) is 0. The SMILES string of the molecule is Cc1c(C(=O)NC2CC(C(=O)O)C2)sc2nc(C(F)(F)F)ccc12. The number of hydrogen-bond acceptors (Lipinski definition) is 4. The number of amides is 1. The van der Waals surface area contributed by atoms with Gasteiger partial charge in [-0.15, -0.1) is 11.3 Å². The first-order chi connectivity index (χ1) is 11.2. The molecule has 0 saturated heterocycles. The van der Waals surface area contributed by atoms with Crippen LogP contribution in [0.5, 0.6) is 0 Å². The van der Waals surface area contributed by atoms with Crippen molar-refractivity contribution in [3.05, 3.63) is 28.3 Å². The van der Waals surface area contributed by atoms with Gasteiger partial charge in [0.1, 0.15) is 10.5 Å². The summed E-state index contributed by atoms with van der Waals surface area (Å²) in [5.74, 6) is -1.74. The van der Waals surface area contributed by atoms with Crippen LogP contribution in [0.4, 0.5) is 13.2 Å². The number of pyridine rings is 1. The number of carboxylic acid groups (broad SMARTS) is 1. The lowest BCUT2D eigenvalue weighted by molar-refractivity contribution is -0.145. The van der Waals surface area contributed by atoms with Crippen LogP contribution in [0, 0.1) is 12.8 Å². The molecule has 0 unspecified atom stereocenters. The minimum Gasteiger partial charge on any atom is -0.481 e. The molecule has 0 atom stereocenters. The zero-order valence-electron chi connectivity index (χ0n) is 12.5. The zero-order valence-corrected chi connectivity index (χ0v) is 13.3. The Bertz CT molecular complexity index is 825. The molecule has 9 heteroatoms. The first-order valence-corrected chi connectivity index (χ1v) is 7.99. The van der Waals surface area contributed by atoms with E-state index in [9.17, 15) is 22.8 Å². The number of aryl methyl sites for hydroxylation is 1. The van der Waals surface area contributed by atoms with E-state index in [1.807, 2.05) is 0 Å². The van der Waals surface area contributed by atoms with Gasteiger partial charge in [0.25, 0.3) is 5.91 Å². The van der Waals surface area contributed by atoms with E-state index in [2.05, 4.69) is 10.3 Å². The summed E-state index contributed by atoms with van der Waals surface area (Å²) >= 11 is 0.906. The predicted octanol–water partition coefficient (Wildman–Crippen LogP) is 3.22. The number of rotatable bonds is 3. The van der Waals surface area contributed by atoms with Gasteiger partial charge in [-0.1, -0.05) is 0 Å². The number of alkyl halides is 3. The molecule has 1 saturated carbocycles. The normalized spacial score (nSPS) is 20.7. The Morgan fingerprint density at radius 2 is 2.00 bits per heavy atom. The van der Waals surface area contributed by atoms with Gasteiger partial charge in [0.15, 0.2) is 0 Å². The summed E-state index contributed by atoms with van der Waals surface area (Å²) in [5, 5.41) is 12.1. The molecule has 128 valence electrons. The smallest absolute Gasteiger partial charge is 0.433 e. The van der Waals surface area contributed by atoms with Gasteiger partial charge in [-0.3, -0.25) is 9.59 Å². The molecule has 0 spiro atoms. The molecule has 5 nitrogen and oxygen atoms in total. The molecular formula is C15H13F3N2O3S. The molecule has 1 aliphatic rings.